The predicted molar refractivity (Wildman–Crippen MR) is 96.8 cm³/mol. The monoisotopic (exact) mass is 437 g/mol. The summed E-state index contributed by atoms with van der Waals surface area (Å²) in [6.07, 6.45) is -10.9. The zero-order valence-electron chi connectivity index (χ0n) is 15.9. The van der Waals surface area contributed by atoms with Crippen LogP contribution in [0.2, 0.25) is 0 Å². The smallest absolute Gasteiger partial charge is 0.416 e. The minimum Gasteiger partial charge on any atom is -0.457 e. The molecule has 2 aromatic carbocycles. The third-order valence-electron chi connectivity index (χ3n) is 4.43. The van der Waals surface area contributed by atoms with E-state index in [1.807, 2.05) is 0 Å². The highest BCUT2D eigenvalue weighted by atomic mass is 19.4. The molecule has 4 nitrogen and oxygen atoms in total. The first-order valence-electron chi connectivity index (χ1n) is 8.88. The third kappa shape index (κ3) is 6.10. The van der Waals surface area contributed by atoms with Gasteiger partial charge in [0.15, 0.2) is 0 Å². The molecule has 0 aliphatic heterocycles. The van der Waals surface area contributed by atoms with Gasteiger partial charge in [0.05, 0.1) is 17.2 Å². The molecule has 30 heavy (non-hydrogen) atoms. The fraction of sp³-hybridized carbons (Fsp3) is 0.400. The molecule has 2 aromatic rings. The van der Waals surface area contributed by atoms with Gasteiger partial charge in [-0.05, 0) is 55.7 Å². The van der Waals surface area contributed by atoms with Gasteiger partial charge in [0.1, 0.15) is 11.5 Å². The van der Waals surface area contributed by atoms with Gasteiger partial charge in [-0.25, -0.2) is 0 Å². The number of halogens is 6. The highest BCUT2D eigenvalue weighted by Gasteiger charge is 2.39. The second-order valence-corrected chi connectivity index (χ2v) is 7.12. The molecule has 0 saturated carbocycles. The Morgan fingerprint density at radius 3 is 2.13 bits per heavy atom. The Morgan fingerprint density at radius 2 is 1.57 bits per heavy atom. The Balaban J connectivity index is 2.40. The Labute approximate surface area is 168 Å². The number of ether oxygens (including phenoxy) is 1. The van der Waals surface area contributed by atoms with Crippen molar-refractivity contribution >= 4 is 0 Å². The van der Waals surface area contributed by atoms with Gasteiger partial charge in [0.25, 0.3) is 0 Å². The molecule has 4 N–H and O–H groups in total. The second kappa shape index (κ2) is 8.83. The molecule has 10 heteroatoms. The average molecular weight is 437 g/mol. The van der Waals surface area contributed by atoms with Crippen LogP contribution < -0.4 is 10.5 Å². The van der Waals surface area contributed by atoms with Crippen molar-refractivity contribution in [2.24, 2.45) is 5.73 Å². The average Bonchev–Trinajstić information content (AvgIpc) is 2.60. The molecule has 0 fully saturated rings. The fourth-order valence-electron chi connectivity index (χ4n) is 3.04. The van der Waals surface area contributed by atoms with Crippen molar-refractivity contribution in [1.82, 2.24) is 0 Å². The van der Waals surface area contributed by atoms with Crippen LogP contribution in [-0.2, 0) is 17.9 Å². The van der Waals surface area contributed by atoms with Crippen LogP contribution in [-0.4, -0.2) is 22.9 Å². The summed E-state index contributed by atoms with van der Waals surface area (Å²) in [5, 5.41) is 18.7. The highest BCUT2D eigenvalue weighted by molar-refractivity contribution is 5.43. The van der Waals surface area contributed by atoms with Gasteiger partial charge in [0, 0.05) is 12.1 Å². The van der Waals surface area contributed by atoms with Crippen LogP contribution in [0.25, 0.3) is 0 Å². The first kappa shape index (κ1) is 24.0. The Bertz CT molecular complexity index is 864. The molecular formula is C20H21F6NO3. The van der Waals surface area contributed by atoms with E-state index in [1.54, 1.807) is 0 Å². The first-order valence-corrected chi connectivity index (χ1v) is 8.88. The number of benzene rings is 2. The van der Waals surface area contributed by atoms with E-state index in [4.69, 9.17) is 15.6 Å². The summed E-state index contributed by atoms with van der Waals surface area (Å²) in [5.74, 6) is -0.600. The summed E-state index contributed by atoms with van der Waals surface area (Å²) in [4.78, 5) is 0. The first-order chi connectivity index (χ1) is 13.7. The van der Waals surface area contributed by atoms with E-state index in [2.05, 4.69) is 0 Å². The van der Waals surface area contributed by atoms with Crippen molar-refractivity contribution in [3.05, 3.63) is 59.2 Å². The predicted octanol–water partition coefficient (Wildman–Crippen LogP) is 4.82. The molecule has 0 bridgehead atoms. The van der Waals surface area contributed by atoms with Gasteiger partial charge < -0.3 is 20.7 Å². The fourth-order valence-corrected chi connectivity index (χ4v) is 3.04. The molecular weight excluding hydrogens is 416 g/mol. The van der Waals surface area contributed by atoms with E-state index in [-0.39, 0.29) is 36.5 Å². The lowest BCUT2D eigenvalue weighted by atomic mass is 9.83. The lowest BCUT2D eigenvalue weighted by Gasteiger charge is -2.30. The van der Waals surface area contributed by atoms with Gasteiger partial charge in [-0.1, -0.05) is 12.1 Å². The van der Waals surface area contributed by atoms with Gasteiger partial charge in [-0.15, -0.1) is 0 Å². The Kier molecular flexibility index (Phi) is 7.05. The lowest BCUT2D eigenvalue weighted by Crippen LogP contribution is -2.39. The van der Waals surface area contributed by atoms with Crippen molar-refractivity contribution in [3.8, 4) is 11.5 Å². The molecule has 2 unspecified atom stereocenters. The van der Waals surface area contributed by atoms with E-state index in [0.717, 1.165) is 24.3 Å². The molecule has 0 aromatic heterocycles. The third-order valence-corrected chi connectivity index (χ3v) is 4.43. The summed E-state index contributed by atoms with van der Waals surface area (Å²) < 4.78 is 84.6. The van der Waals surface area contributed by atoms with Crippen LogP contribution in [0.3, 0.4) is 0 Å². The molecule has 0 aliphatic rings. The lowest BCUT2D eigenvalue weighted by molar-refractivity contribution is -0.139. The van der Waals surface area contributed by atoms with Crippen LogP contribution in [0.1, 0.15) is 36.5 Å². The Morgan fingerprint density at radius 1 is 0.933 bits per heavy atom. The van der Waals surface area contributed by atoms with Crippen molar-refractivity contribution in [2.75, 3.05) is 6.61 Å². The quantitative estimate of drug-likeness (QED) is 0.543. The number of nitrogens with two attached hydrogens (primary N) is 1. The molecule has 0 saturated heterocycles. The van der Waals surface area contributed by atoms with Crippen LogP contribution in [0.4, 0.5) is 26.3 Å². The van der Waals surface area contributed by atoms with Crippen molar-refractivity contribution in [1.29, 1.82) is 0 Å². The maximum Gasteiger partial charge on any atom is 0.416 e. The molecule has 0 aliphatic carbocycles. The summed E-state index contributed by atoms with van der Waals surface area (Å²) >= 11 is 0. The normalized spacial score (nSPS) is 15.5. The molecule has 2 atom stereocenters. The molecule has 166 valence electrons. The van der Waals surface area contributed by atoms with Crippen molar-refractivity contribution in [3.63, 3.8) is 0 Å². The van der Waals surface area contributed by atoms with Crippen LogP contribution >= 0.6 is 0 Å². The van der Waals surface area contributed by atoms with Gasteiger partial charge >= 0.3 is 12.4 Å². The van der Waals surface area contributed by atoms with E-state index in [0.29, 0.717) is 12.1 Å². The molecule has 0 amide bonds. The summed E-state index contributed by atoms with van der Waals surface area (Å²) in [6, 6.07) is 6.64. The zero-order chi connectivity index (χ0) is 22.7. The molecule has 0 spiro atoms. The van der Waals surface area contributed by atoms with Crippen molar-refractivity contribution in [2.45, 2.75) is 43.8 Å². The number of aliphatic hydroxyl groups excluding tert-OH is 2. The zero-order valence-corrected chi connectivity index (χ0v) is 15.9. The number of aliphatic hydroxyl groups is 2. The highest BCUT2D eigenvalue weighted by Crippen LogP contribution is 2.40. The van der Waals surface area contributed by atoms with E-state index >= 15 is 0 Å². The van der Waals surface area contributed by atoms with Gasteiger partial charge in [-0.2, -0.15) is 26.3 Å². The van der Waals surface area contributed by atoms with E-state index in [9.17, 15) is 31.4 Å². The number of rotatable bonds is 7. The van der Waals surface area contributed by atoms with Crippen molar-refractivity contribution < 1.29 is 41.3 Å². The number of hydrogen-bond acceptors (Lipinski definition) is 4. The van der Waals surface area contributed by atoms with Gasteiger partial charge in [-0.3, -0.25) is 0 Å². The SMILES string of the molecule is CC(N)(CC(O)CCO)c1ccc(Oc2cccc(C(F)(F)F)c2)cc1C(F)(F)F. The molecule has 0 radical (unpaired) electrons. The summed E-state index contributed by atoms with van der Waals surface area (Å²) in [7, 11) is 0. The van der Waals surface area contributed by atoms with E-state index < -0.39 is 35.1 Å². The maximum absolute atomic E-state index is 13.6. The summed E-state index contributed by atoms with van der Waals surface area (Å²) in [6.45, 7) is 0.957. The number of hydrogen-bond donors (Lipinski definition) is 3. The minimum absolute atomic E-state index is 0.0507. The standard InChI is InChI=1S/C20H21F6NO3/c1-18(27,11-13(29)7-8-28)16-6-5-15(10-17(16)20(24,25)26)30-14-4-2-3-12(9-14)19(21,22)23/h2-6,9-10,13,28-29H,7-8,11,27H2,1H3. The number of alkyl halides is 6. The molecule has 2 rings (SSSR count). The van der Waals surface area contributed by atoms with Crippen LogP contribution in [0.15, 0.2) is 42.5 Å². The maximum atomic E-state index is 13.6. The second-order valence-electron chi connectivity index (χ2n) is 7.12. The summed E-state index contributed by atoms with van der Waals surface area (Å²) in [5.41, 5.74) is 1.99. The largest absolute Gasteiger partial charge is 0.457 e. The molecule has 0 heterocycles. The van der Waals surface area contributed by atoms with Crippen LogP contribution in [0, 0.1) is 0 Å². The Hall–Kier alpha value is -2.30. The minimum atomic E-state index is -4.83. The van der Waals surface area contributed by atoms with Gasteiger partial charge in [0.2, 0.25) is 0 Å². The topological polar surface area (TPSA) is 75.7 Å². The van der Waals surface area contributed by atoms with E-state index in [1.165, 1.54) is 13.0 Å². The van der Waals surface area contributed by atoms with Crippen LogP contribution in [0.5, 0.6) is 11.5 Å².